The van der Waals surface area contributed by atoms with Gasteiger partial charge < -0.3 is 18.6 Å². The Labute approximate surface area is 124 Å². The normalized spacial score (nSPS) is 17.1. The van der Waals surface area contributed by atoms with Crippen molar-refractivity contribution in [1.82, 2.24) is 0 Å². The lowest BCUT2D eigenvalue weighted by atomic mass is 10.0. The molecule has 1 aliphatic rings. The van der Waals surface area contributed by atoms with Crippen molar-refractivity contribution in [3.8, 4) is 0 Å². The van der Waals surface area contributed by atoms with Gasteiger partial charge in [-0.2, -0.15) is 0 Å². The second-order valence-electron chi connectivity index (χ2n) is 5.10. The maximum absolute atomic E-state index is 5.81. The average Bonchev–Trinajstić information content (AvgIpc) is 3.20. The smallest absolute Gasteiger partial charge is 0.198 e. The predicted molar refractivity (Wildman–Crippen MR) is 77.6 cm³/mol. The highest BCUT2D eigenvalue weighted by atomic mass is 16.7. The summed E-state index contributed by atoms with van der Waals surface area (Å²) >= 11 is 0. The Kier molecular flexibility index (Phi) is 4.70. The van der Waals surface area contributed by atoms with E-state index in [1.807, 2.05) is 24.3 Å². The number of hydrogen-bond donors (Lipinski definition) is 0. The third kappa shape index (κ3) is 3.53. The Hall–Kier alpha value is -1.62. The highest BCUT2D eigenvalue weighted by Gasteiger charge is 2.38. The molecule has 112 valence electrons. The van der Waals surface area contributed by atoms with Crippen molar-refractivity contribution in [3.63, 3.8) is 0 Å². The van der Waals surface area contributed by atoms with Crippen LogP contribution in [-0.4, -0.2) is 19.8 Å². The fourth-order valence-corrected chi connectivity index (χ4v) is 2.56. The zero-order valence-corrected chi connectivity index (χ0v) is 12.0. The van der Waals surface area contributed by atoms with E-state index < -0.39 is 5.79 Å². The molecule has 0 amide bonds. The fraction of sp³-hybridized carbons (Fsp3) is 0.412. The van der Waals surface area contributed by atoms with Gasteiger partial charge in [0.25, 0.3) is 0 Å². The van der Waals surface area contributed by atoms with E-state index in [4.69, 9.17) is 18.6 Å². The van der Waals surface area contributed by atoms with Crippen molar-refractivity contribution in [2.45, 2.75) is 25.2 Å². The van der Waals surface area contributed by atoms with E-state index in [9.17, 15) is 0 Å². The first-order chi connectivity index (χ1) is 10.4. The molecular formula is C17H20O4. The first-order valence-corrected chi connectivity index (χ1v) is 7.31. The van der Waals surface area contributed by atoms with E-state index in [1.54, 1.807) is 12.5 Å². The largest absolute Gasteiger partial charge is 0.472 e. The van der Waals surface area contributed by atoms with Crippen molar-refractivity contribution in [2.75, 3.05) is 19.8 Å². The molecule has 2 heterocycles. The van der Waals surface area contributed by atoms with Crippen LogP contribution in [0.25, 0.3) is 0 Å². The average molecular weight is 288 g/mol. The van der Waals surface area contributed by atoms with Crippen molar-refractivity contribution >= 4 is 0 Å². The SMILES string of the molecule is c1ccc(COCCCC2(c3ccoc3)OCCO2)cc1. The maximum atomic E-state index is 5.81. The maximum Gasteiger partial charge on any atom is 0.198 e. The molecule has 0 N–H and O–H groups in total. The second-order valence-corrected chi connectivity index (χ2v) is 5.10. The molecule has 0 spiro atoms. The summed E-state index contributed by atoms with van der Waals surface area (Å²) in [4.78, 5) is 0. The monoisotopic (exact) mass is 288 g/mol. The van der Waals surface area contributed by atoms with Gasteiger partial charge in [0.2, 0.25) is 0 Å². The Morgan fingerprint density at radius 3 is 2.57 bits per heavy atom. The Morgan fingerprint density at radius 2 is 1.86 bits per heavy atom. The summed E-state index contributed by atoms with van der Waals surface area (Å²) in [5.41, 5.74) is 2.14. The number of benzene rings is 1. The molecule has 3 rings (SSSR count). The quantitative estimate of drug-likeness (QED) is 0.731. The van der Waals surface area contributed by atoms with Crippen LogP contribution < -0.4 is 0 Å². The van der Waals surface area contributed by atoms with E-state index in [1.165, 1.54) is 5.56 Å². The molecular weight excluding hydrogens is 268 g/mol. The van der Waals surface area contributed by atoms with Gasteiger partial charge in [-0.1, -0.05) is 30.3 Å². The molecule has 1 aromatic carbocycles. The minimum absolute atomic E-state index is 0.621. The summed E-state index contributed by atoms with van der Waals surface area (Å²) in [5, 5.41) is 0. The summed E-state index contributed by atoms with van der Waals surface area (Å²) in [6.07, 6.45) is 4.98. The number of hydrogen-bond acceptors (Lipinski definition) is 4. The van der Waals surface area contributed by atoms with Gasteiger partial charge in [-0.05, 0) is 18.1 Å². The second kappa shape index (κ2) is 6.89. The molecule has 2 aromatic rings. The number of ether oxygens (including phenoxy) is 3. The van der Waals surface area contributed by atoms with Gasteiger partial charge in [-0.25, -0.2) is 0 Å². The zero-order chi connectivity index (χ0) is 14.4. The van der Waals surface area contributed by atoms with Crippen LogP contribution in [0.4, 0.5) is 0 Å². The minimum atomic E-state index is -0.650. The molecule has 1 aliphatic heterocycles. The lowest BCUT2D eigenvalue weighted by molar-refractivity contribution is -0.173. The molecule has 0 radical (unpaired) electrons. The van der Waals surface area contributed by atoms with Crippen LogP contribution in [0.5, 0.6) is 0 Å². The van der Waals surface area contributed by atoms with Crippen LogP contribution in [0.3, 0.4) is 0 Å². The summed E-state index contributed by atoms with van der Waals surface area (Å²) < 4.78 is 22.5. The molecule has 0 unspecified atom stereocenters. The molecule has 0 saturated carbocycles. The van der Waals surface area contributed by atoms with Gasteiger partial charge in [-0.3, -0.25) is 0 Å². The zero-order valence-electron chi connectivity index (χ0n) is 12.0. The van der Waals surface area contributed by atoms with Crippen molar-refractivity contribution in [3.05, 3.63) is 60.1 Å². The Morgan fingerprint density at radius 1 is 1.05 bits per heavy atom. The van der Waals surface area contributed by atoms with Gasteiger partial charge in [-0.15, -0.1) is 0 Å². The fourth-order valence-electron chi connectivity index (χ4n) is 2.56. The van der Waals surface area contributed by atoms with Gasteiger partial charge in [0.05, 0.1) is 32.3 Å². The number of rotatable bonds is 7. The molecule has 0 atom stereocenters. The van der Waals surface area contributed by atoms with Crippen LogP contribution in [0.2, 0.25) is 0 Å². The first kappa shape index (κ1) is 14.3. The lowest BCUT2D eigenvalue weighted by Crippen LogP contribution is -2.27. The molecule has 0 aliphatic carbocycles. The molecule has 4 heteroatoms. The minimum Gasteiger partial charge on any atom is -0.472 e. The van der Waals surface area contributed by atoms with Crippen molar-refractivity contribution in [1.29, 1.82) is 0 Å². The molecule has 21 heavy (non-hydrogen) atoms. The molecule has 1 aromatic heterocycles. The summed E-state index contributed by atoms with van der Waals surface area (Å²) in [5.74, 6) is -0.650. The van der Waals surface area contributed by atoms with Crippen LogP contribution in [0.1, 0.15) is 24.0 Å². The molecule has 1 fully saturated rings. The Bertz CT molecular complexity index is 515. The summed E-state index contributed by atoms with van der Waals surface area (Å²) in [7, 11) is 0. The van der Waals surface area contributed by atoms with Crippen molar-refractivity contribution in [2.24, 2.45) is 0 Å². The van der Waals surface area contributed by atoms with Crippen molar-refractivity contribution < 1.29 is 18.6 Å². The van der Waals surface area contributed by atoms with E-state index >= 15 is 0 Å². The van der Waals surface area contributed by atoms with Gasteiger partial charge in [0.15, 0.2) is 5.79 Å². The van der Waals surface area contributed by atoms with E-state index in [-0.39, 0.29) is 0 Å². The van der Waals surface area contributed by atoms with E-state index in [0.29, 0.717) is 26.4 Å². The third-order valence-electron chi connectivity index (χ3n) is 3.62. The highest BCUT2D eigenvalue weighted by Crippen LogP contribution is 2.36. The summed E-state index contributed by atoms with van der Waals surface area (Å²) in [6.45, 7) is 2.56. The lowest BCUT2D eigenvalue weighted by Gasteiger charge is -2.26. The first-order valence-electron chi connectivity index (χ1n) is 7.31. The van der Waals surface area contributed by atoms with Crippen LogP contribution >= 0.6 is 0 Å². The highest BCUT2D eigenvalue weighted by molar-refractivity contribution is 5.14. The topological polar surface area (TPSA) is 40.8 Å². The predicted octanol–water partition coefficient (Wildman–Crippen LogP) is 3.48. The van der Waals surface area contributed by atoms with E-state index in [2.05, 4.69) is 12.1 Å². The molecule has 0 bridgehead atoms. The molecule has 1 saturated heterocycles. The standard InChI is InChI=1S/C17H20O4/c1-2-5-15(6-3-1)13-18-9-4-8-17(20-11-12-21-17)16-7-10-19-14-16/h1-3,5-7,10,14H,4,8-9,11-13H2. The molecule has 4 nitrogen and oxygen atoms in total. The van der Waals surface area contributed by atoms with Crippen LogP contribution in [-0.2, 0) is 26.6 Å². The summed E-state index contributed by atoms with van der Waals surface area (Å²) in [6, 6.07) is 12.1. The van der Waals surface area contributed by atoms with E-state index in [0.717, 1.165) is 18.4 Å². The van der Waals surface area contributed by atoms with Gasteiger partial charge in [0, 0.05) is 18.6 Å². The van der Waals surface area contributed by atoms with Crippen LogP contribution in [0.15, 0.2) is 53.3 Å². The van der Waals surface area contributed by atoms with Gasteiger partial charge >= 0.3 is 0 Å². The van der Waals surface area contributed by atoms with Gasteiger partial charge in [0.1, 0.15) is 0 Å². The Balaban J connectivity index is 1.45. The number of furan rings is 1. The van der Waals surface area contributed by atoms with Crippen LogP contribution in [0, 0.1) is 0 Å². The third-order valence-corrected chi connectivity index (χ3v) is 3.62.